The van der Waals surface area contributed by atoms with Gasteiger partial charge in [0.2, 0.25) is 0 Å². The van der Waals surface area contributed by atoms with E-state index in [-0.39, 0.29) is 0 Å². The quantitative estimate of drug-likeness (QED) is 0.426. The molecule has 0 aromatic carbocycles. The average Bonchev–Trinajstić information content (AvgIpc) is 1.83. The number of unbranched alkanes of at least 4 members (excludes halogenated alkanes) is 1. The molecule has 78 valence electrons. The van der Waals surface area contributed by atoms with Crippen molar-refractivity contribution in [3.63, 3.8) is 0 Å². The highest BCUT2D eigenvalue weighted by molar-refractivity contribution is 7.19. The normalized spacial score (nSPS) is 10.3. The molecule has 0 atom stereocenters. The Hall–Kier alpha value is 0.504. The van der Waals surface area contributed by atoms with Gasteiger partial charge in [-0.3, -0.25) is 0 Å². The van der Waals surface area contributed by atoms with Gasteiger partial charge < -0.3 is 0 Å². The predicted molar refractivity (Wildman–Crippen MR) is 67.7 cm³/mol. The van der Waals surface area contributed by atoms with E-state index in [4.69, 9.17) is 27.4 Å². The zero-order chi connectivity index (χ0) is 10.9. The van der Waals surface area contributed by atoms with E-state index in [0.717, 1.165) is 12.5 Å². The van der Waals surface area contributed by atoms with Crippen molar-refractivity contribution in [3.8, 4) is 6.07 Å². The molecule has 0 bridgehead atoms. The van der Waals surface area contributed by atoms with Gasteiger partial charge in [0, 0.05) is 6.42 Å². The number of rotatable bonds is 3. The summed E-state index contributed by atoms with van der Waals surface area (Å²) in [5.74, 6) is 0. The molecule has 13 heavy (non-hydrogen) atoms. The van der Waals surface area contributed by atoms with Gasteiger partial charge in [-0.05, 0) is 12.5 Å². The fourth-order valence-electron chi connectivity index (χ4n) is 0.588. The van der Waals surface area contributed by atoms with Gasteiger partial charge in [0.15, 0.2) is 7.38 Å². The maximum atomic E-state index is 8.19. The lowest BCUT2D eigenvalue weighted by Gasteiger charge is -2.09. The number of hydrogen-bond donors (Lipinski definition) is 0. The summed E-state index contributed by atoms with van der Waals surface area (Å²) in [4.78, 5) is 0. The molecule has 0 aliphatic rings. The van der Waals surface area contributed by atoms with E-state index in [9.17, 15) is 0 Å². The Morgan fingerprint density at radius 3 is 2.00 bits per heavy atom. The number of hydrogen-bond acceptors (Lipinski definition) is 1. The summed E-state index contributed by atoms with van der Waals surface area (Å²) < 4.78 is 0. The van der Waals surface area contributed by atoms with E-state index in [0.29, 0.717) is 6.42 Å². The lowest BCUT2D eigenvalue weighted by atomic mass is 10.4. The number of nitrogens with zero attached hydrogens (tertiary/aromatic N) is 1. The molecule has 0 saturated heterocycles. The van der Waals surface area contributed by atoms with Crippen molar-refractivity contribution in [2.45, 2.75) is 45.1 Å². The van der Waals surface area contributed by atoms with E-state index < -0.39 is 15.5 Å². The summed E-state index contributed by atoms with van der Waals surface area (Å²) in [6, 6.07) is 3.16. The Kier molecular flexibility index (Phi) is 11.1. The number of halogens is 2. The van der Waals surface area contributed by atoms with Gasteiger partial charge >= 0.3 is 0 Å². The molecule has 0 N–H and O–H groups in total. The highest BCUT2D eigenvalue weighted by Gasteiger charge is 2.15. The van der Waals surface area contributed by atoms with E-state index >= 15 is 0 Å². The molecule has 0 spiro atoms. The third-order valence-electron chi connectivity index (χ3n) is 1.06. The Morgan fingerprint density at radius 1 is 1.38 bits per heavy atom. The standard InChI is InChI=1S/C6H12ClNSi.C2H7ClSi/c1-9(2,7)6-4-3-5-8;1-4(2)3/h3-4,6H2,1-2H3;4H,1-2H3. The van der Waals surface area contributed by atoms with Crippen LogP contribution in [-0.2, 0) is 0 Å². The molecule has 5 heteroatoms. The Labute approximate surface area is 94.1 Å². The zero-order valence-electron chi connectivity index (χ0n) is 8.90. The van der Waals surface area contributed by atoms with Crippen molar-refractivity contribution in [1.29, 1.82) is 5.26 Å². The molecule has 0 aliphatic carbocycles. The molecule has 0 unspecified atom stereocenters. The fourth-order valence-corrected chi connectivity index (χ4v) is 2.01. The Morgan fingerprint density at radius 2 is 1.77 bits per heavy atom. The summed E-state index contributed by atoms with van der Waals surface area (Å²) in [6.45, 7) is 8.35. The molecule has 0 fully saturated rings. The molecule has 0 aromatic heterocycles. The smallest absolute Gasteiger partial charge is 0.150 e. The molecule has 0 heterocycles. The van der Waals surface area contributed by atoms with Gasteiger partial charge in [0.05, 0.1) is 6.07 Å². The van der Waals surface area contributed by atoms with Crippen LogP contribution in [0.25, 0.3) is 0 Å². The van der Waals surface area contributed by atoms with Crippen molar-refractivity contribution in [2.24, 2.45) is 0 Å². The largest absolute Gasteiger partial charge is 0.198 e. The topological polar surface area (TPSA) is 23.8 Å². The first kappa shape index (κ1) is 16.0. The van der Waals surface area contributed by atoms with Crippen LogP contribution in [-0.4, -0.2) is 15.5 Å². The second-order valence-corrected chi connectivity index (χ2v) is 15.4. The highest BCUT2D eigenvalue weighted by atomic mass is 35.6. The zero-order valence-corrected chi connectivity index (χ0v) is 12.6. The van der Waals surface area contributed by atoms with Gasteiger partial charge in [0.25, 0.3) is 0 Å². The molecule has 0 aliphatic heterocycles. The third-order valence-corrected chi connectivity index (χ3v) is 3.17. The van der Waals surface area contributed by atoms with Gasteiger partial charge in [-0.15, -0.1) is 0 Å². The lowest BCUT2D eigenvalue weighted by molar-refractivity contribution is 0.950. The van der Waals surface area contributed by atoms with E-state index in [1.165, 1.54) is 0 Å². The van der Waals surface area contributed by atoms with Gasteiger partial charge in [-0.25, -0.2) is 0 Å². The van der Waals surface area contributed by atoms with E-state index in [1.54, 1.807) is 0 Å². The molecule has 1 nitrogen and oxygen atoms in total. The van der Waals surface area contributed by atoms with Gasteiger partial charge in [0.1, 0.15) is 8.11 Å². The maximum Gasteiger partial charge on any atom is 0.150 e. The fraction of sp³-hybridized carbons (Fsp3) is 0.875. The van der Waals surface area contributed by atoms with Crippen molar-refractivity contribution in [2.75, 3.05) is 0 Å². The Bertz CT molecular complexity index is 146. The minimum Gasteiger partial charge on any atom is -0.198 e. The summed E-state index contributed by atoms with van der Waals surface area (Å²) in [7, 11) is -2.04. The first-order valence-electron chi connectivity index (χ1n) is 4.49. The van der Waals surface area contributed by atoms with Gasteiger partial charge in [-0.2, -0.15) is 27.4 Å². The molecular weight excluding hydrogens is 237 g/mol. The summed E-state index contributed by atoms with van der Waals surface area (Å²) in [6.07, 6.45) is 1.63. The van der Waals surface area contributed by atoms with Crippen LogP contribution in [0.15, 0.2) is 0 Å². The molecule has 0 aromatic rings. The summed E-state index contributed by atoms with van der Waals surface area (Å²) in [5, 5.41) is 8.19. The van der Waals surface area contributed by atoms with Gasteiger partial charge in [-0.1, -0.05) is 26.2 Å². The maximum absolute atomic E-state index is 8.19. The van der Waals surface area contributed by atoms with Crippen molar-refractivity contribution in [1.82, 2.24) is 0 Å². The van der Waals surface area contributed by atoms with E-state index in [1.807, 2.05) is 0 Å². The van der Waals surface area contributed by atoms with E-state index in [2.05, 4.69) is 32.3 Å². The van der Waals surface area contributed by atoms with Crippen molar-refractivity contribution in [3.05, 3.63) is 0 Å². The first-order chi connectivity index (χ1) is 5.79. The SMILES string of the molecule is C[SiH](C)Cl.C[Si](C)(Cl)CCCC#N. The second kappa shape index (κ2) is 9.07. The molecule has 0 radical (unpaired) electrons. The first-order valence-corrected chi connectivity index (χ1v) is 12.8. The van der Waals surface area contributed by atoms with Crippen LogP contribution < -0.4 is 0 Å². The molecule has 0 amide bonds. The monoisotopic (exact) mass is 255 g/mol. The third kappa shape index (κ3) is 32.6. The van der Waals surface area contributed by atoms with Crippen LogP contribution >= 0.6 is 22.2 Å². The predicted octanol–water partition coefficient (Wildman–Crippen LogP) is 3.94. The average molecular weight is 256 g/mol. The van der Waals surface area contributed by atoms with Crippen LogP contribution in [0.4, 0.5) is 0 Å². The molecule has 0 rings (SSSR count). The lowest BCUT2D eigenvalue weighted by Crippen LogP contribution is -2.14. The number of nitriles is 1. The molecular formula is C8H19Cl2NSi2. The highest BCUT2D eigenvalue weighted by Crippen LogP contribution is 2.16. The van der Waals surface area contributed by atoms with Crippen molar-refractivity contribution >= 4 is 37.6 Å². The minimum absolute atomic E-state index is 0.656. The van der Waals surface area contributed by atoms with Crippen LogP contribution in [0.1, 0.15) is 12.8 Å². The summed E-state index contributed by atoms with van der Waals surface area (Å²) in [5.41, 5.74) is 0. The summed E-state index contributed by atoms with van der Waals surface area (Å²) >= 11 is 11.4. The minimum atomic E-state index is -1.37. The second-order valence-electron chi connectivity index (χ2n) is 3.74. The van der Waals surface area contributed by atoms with Crippen molar-refractivity contribution < 1.29 is 0 Å². The Balaban J connectivity index is 0. The van der Waals surface area contributed by atoms with Crippen LogP contribution in [0.3, 0.4) is 0 Å². The van der Waals surface area contributed by atoms with Crippen LogP contribution in [0, 0.1) is 11.3 Å². The van der Waals surface area contributed by atoms with Crippen LogP contribution in [0.2, 0.25) is 32.2 Å². The van der Waals surface area contributed by atoms with Crippen LogP contribution in [0.5, 0.6) is 0 Å². The molecule has 0 saturated carbocycles.